The van der Waals surface area contributed by atoms with E-state index in [-0.39, 0.29) is 5.97 Å². The first-order valence-electron chi connectivity index (χ1n) is 2.91. The molecule has 0 saturated carbocycles. The molecule has 0 radical (unpaired) electrons. The quantitative estimate of drug-likeness (QED) is 0.358. The molecule has 0 aliphatic carbocycles. The van der Waals surface area contributed by atoms with Crippen molar-refractivity contribution in [1.82, 2.24) is 0 Å². The molecule has 0 bridgehead atoms. The Hall–Kier alpha value is -0.760. The maximum atomic E-state index is 10.5. The van der Waals surface area contributed by atoms with Gasteiger partial charge in [0.25, 0.3) is 0 Å². The third-order valence-electron chi connectivity index (χ3n) is 0.703. The van der Waals surface area contributed by atoms with Gasteiger partial charge >= 0.3 is 5.97 Å². The van der Waals surface area contributed by atoms with Gasteiger partial charge in [-0.25, -0.2) is 4.79 Å². The molecule has 0 amide bonds. The maximum Gasteiger partial charge on any atom is 0.330 e. The van der Waals surface area contributed by atoms with E-state index < -0.39 is 0 Å². The van der Waals surface area contributed by atoms with Crippen molar-refractivity contribution in [3.05, 3.63) is 23.8 Å². The summed E-state index contributed by atoms with van der Waals surface area (Å²) in [7, 11) is 0. The van der Waals surface area contributed by atoms with Crippen LogP contribution in [0.25, 0.3) is 0 Å². The number of hydrogen-bond donors (Lipinski definition) is 0. The smallest absolute Gasteiger partial charge is 0.330 e. The summed E-state index contributed by atoms with van der Waals surface area (Å²) in [6.07, 6.45) is 4.37. The monoisotopic (exact) mass is 160 g/mol. The van der Waals surface area contributed by atoms with Crippen LogP contribution in [0, 0.1) is 0 Å². The Kier molecular flexibility index (Phi) is 5.88. The highest BCUT2D eigenvalue weighted by Gasteiger charge is 1.89. The van der Waals surface area contributed by atoms with E-state index in [9.17, 15) is 4.79 Å². The lowest BCUT2D eigenvalue weighted by Crippen LogP contribution is -1.98. The van der Waals surface area contributed by atoms with Gasteiger partial charge in [-0.05, 0) is 6.92 Å². The van der Waals surface area contributed by atoms with Crippen LogP contribution in [-0.4, -0.2) is 12.6 Å². The first kappa shape index (κ1) is 9.24. The second-order valence-electron chi connectivity index (χ2n) is 1.43. The Morgan fingerprint density at radius 3 is 2.80 bits per heavy atom. The molecular weight excluding hydrogens is 152 g/mol. The Balaban J connectivity index is 3.56. The fraction of sp³-hybridized carbons (Fsp3) is 0.286. The molecule has 3 heteroatoms. The molecule has 0 aromatic rings. The van der Waals surface area contributed by atoms with Gasteiger partial charge in [-0.1, -0.05) is 23.8 Å². The van der Waals surface area contributed by atoms with Gasteiger partial charge in [0.1, 0.15) is 0 Å². The average molecular weight is 161 g/mol. The molecule has 0 fully saturated rings. The lowest BCUT2D eigenvalue weighted by molar-refractivity contribution is -0.137. The molecule has 0 heterocycles. The van der Waals surface area contributed by atoms with Crippen molar-refractivity contribution in [3.8, 4) is 0 Å². The van der Waals surface area contributed by atoms with Crippen molar-refractivity contribution in [2.24, 2.45) is 0 Å². The minimum atomic E-state index is -0.350. The number of carbonyl (C=O) groups is 1. The zero-order valence-corrected chi connectivity index (χ0v) is 6.47. The summed E-state index contributed by atoms with van der Waals surface area (Å²) in [5, 5.41) is 0. The van der Waals surface area contributed by atoms with Gasteiger partial charge in [-0.3, -0.25) is 0 Å². The number of carbonyl (C=O) groups excluding carboxylic acids is 1. The summed E-state index contributed by atoms with van der Waals surface area (Å²) in [5.74, 6) is -0.350. The van der Waals surface area contributed by atoms with E-state index in [0.717, 1.165) is 0 Å². The van der Waals surface area contributed by atoms with Gasteiger partial charge < -0.3 is 4.74 Å². The van der Waals surface area contributed by atoms with Gasteiger partial charge in [0.05, 0.1) is 6.61 Å². The fourth-order valence-electron chi connectivity index (χ4n) is 0.366. The van der Waals surface area contributed by atoms with Gasteiger partial charge in [-0.2, -0.15) is 0 Å². The Bertz CT molecular complexity index is 150. The minimum absolute atomic E-state index is 0.350. The molecule has 0 saturated heterocycles. The van der Waals surface area contributed by atoms with Crippen LogP contribution in [0.2, 0.25) is 0 Å². The van der Waals surface area contributed by atoms with Crippen LogP contribution in [0.4, 0.5) is 0 Å². The summed E-state index contributed by atoms with van der Waals surface area (Å²) in [4.78, 5) is 10.5. The Labute approximate surface area is 65.1 Å². The van der Waals surface area contributed by atoms with E-state index in [0.29, 0.717) is 6.61 Å². The number of rotatable bonds is 3. The normalized spacial score (nSPS) is 11.0. The minimum Gasteiger partial charge on any atom is -0.463 e. The third-order valence-corrected chi connectivity index (χ3v) is 0.848. The molecule has 0 aliphatic heterocycles. The van der Waals surface area contributed by atoms with Crippen LogP contribution in [0.1, 0.15) is 6.92 Å². The Morgan fingerprint density at radius 1 is 1.60 bits per heavy atom. The zero-order chi connectivity index (χ0) is 7.82. The molecular formula is C7H9ClO2. The summed E-state index contributed by atoms with van der Waals surface area (Å²) in [6.45, 7) is 2.15. The van der Waals surface area contributed by atoms with Crippen molar-refractivity contribution < 1.29 is 9.53 Å². The molecule has 0 spiro atoms. The highest BCUT2D eigenvalue weighted by Crippen LogP contribution is 1.84. The molecule has 0 rings (SSSR count). The summed E-state index contributed by atoms with van der Waals surface area (Å²) < 4.78 is 4.59. The van der Waals surface area contributed by atoms with Crippen LogP contribution in [0.5, 0.6) is 0 Å². The molecule has 0 unspecified atom stereocenters. The van der Waals surface area contributed by atoms with Crippen LogP contribution in [-0.2, 0) is 9.53 Å². The van der Waals surface area contributed by atoms with Crippen molar-refractivity contribution in [1.29, 1.82) is 0 Å². The van der Waals surface area contributed by atoms with E-state index in [2.05, 4.69) is 4.74 Å². The van der Waals surface area contributed by atoms with Gasteiger partial charge in [-0.15, -0.1) is 0 Å². The summed E-state index contributed by atoms with van der Waals surface area (Å²) >= 11 is 5.18. The largest absolute Gasteiger partial charge is 0.463 e. The van der Waals surface area contributed by atoms with Gasteiger partial charge in [0, 0.05) is 11.6 Å². The van der Waals surface area contributed by atoms with Crippen LogP contribution < -0.4 is 0 Å². The molecule has 2 nitrogen and oxygen atoms in total. The average Bonchev–Trinajstić information content (AvgIpc) is 1.89. The number of hydrogen-bond acceptors (Lipinski definition) is 2. The van der Waals surface area contributed by atoms with Crippen molar-refractivity contribution in [2.75, 3.05) is 6.61 Å². The number of allylic oxidation sites excluding steroid dienone is 2. The second-order valence-corrected chi connectivity index (χ2v) is 1.68. The number of ether oxygens (including phenoxy) is 1. The first-order chi connectivity index (χ1) is 4.81. The standard InChI is InChI=1S/C7H9ClO2/c1-2-10-7(9)5-3-4-6-8/h3-6H,2H2,1H3/b5-3-,6-4-. The van der Waals surface area contributed by atoms with Crippen LogP contribution >= 0.6 is 11.6 Å². The van der Waals surface area contributed by atoms with Crippen molar-refractivity contribution >= 4 is 17.6 Å². The Morgan fingerprint density at radius 2 is 2.30 bits per heavy atom. The zero-order valence-electron chi connectivity index (χ0n) is 5.71. The predicted octanol–water partition coefficient (Wildman–Crippen LogP) is 1.86. The molecule has 56 valence electrons. The van der Waals surface area contributed by atoms with E-state index in [1.165, 1.54) is 17.7 Å². The molecule has 0 aromatic heterocycles. The number of halogens is 1. The highest BCUT2D eigenvalue weighted by atomic mass is 35.5. The van der Waals surface area contributed by atoms with Crippen LogP contribution in [0.3, 0.4) is 0 Å². The topological polar surface area (TPSA) is 26.3 Å². The van der Waals surface area contributed by atoms with Crippen molar-refractivity contribution in [2.45, 2.75) is 6.92 Å². The van der Waals surface area contributed by atoms with E-state index >= 15 is 0 Å². The molecule has 0 N–H and O–H groups in total. The van der Waals surface area contributed by atoms with Crippen LogP contribution in [0.15, 0.2) is 23.8 Å². The highest BCUT2D eigenvalue weighted by molar-refractivity contribution is 6.25. The molecule has 0 aromatic carbocycles. The van der Waals surface area contributed by atoms with E-state index in [4.69, 9.17) is 11.6 Å². The second kappa shape index (κ2) is 6.36. The lowest BCUT2D eigenvalue weighted by Gasteiger charge is -1.92. The summed E-state index contributed by atoms with van der Waals surface area (Å²) in [5.41, 5.74) is 1.32. The maximum absolute atomic E-state index is 10.5. The van der Waals surface area contributed by atoms with Gasteiger partial charge in [0.2, 0.25) is 0 Å². The molecule has 0 aliphatic rings. The fourth-order valence-corrected chi connectivity index (χ4v) is 0.450. The van der Waals surface area contributed by atoms with Gasteiger partial charge in [0.15, 0.2) is 0 Å². The first-order valence-corrected chi connectivity index (χ1v) is 3.35. The SMILES string of the molecule is CCOC(=O)/C=C\C=C/Cl. The molecule has 10 heavy (non-hydrogen) atoms. The summed E-state index contributed by atoms with van der Waals surface area (Å²) in [6, 6.07) is 0. The van der Waals surface area contributed by atoms with Crippen molar-refractivity contribution in [3.63, 3.8) is 0 Å². The number of esters is 1. The van der Waals surface area contributed by atoms with E-state index in [1.54, 1.807) is 13.0 Å². The predicted molar refractivity (Wildman–Crippen MR) is 40.8 cm³/mol. The third kappa shape index (κ3) is 5.38. The van der Waals surface area contributed by atoms with E-state index in [1.807, 2.05) is 0 Å². The lowest BCUT2D eigenvalue weighted by atomic mass is 10.5. The molecule has 0 atom stereocenters.